The van der Waals surface area contributed by atoms with E-state index in [4.69, 9.17) is 16.7 Å². The van der Waals surface area contributed by atoms with Gasteiger partial charge in [-0.1, -0.05) is 6.92 Å². The van der Waals surface area contributed by atoms with Crippen LogP contribution in [0.2, 0.25) is 5.28 Å². The van der Waals surface area contributed by atoms with Crippen LogP contribution in [0.15, 0.2) is 11.2 Å². The average molecular weight is 282 g/mol. The minimum atomic E-state index is -3.62. The predicted octanol–water partition coefficient (Wildman–Crippen LogP) is 0.370. The number of sulfonamides is 1. The van der Waals surface area contributed by atoms with Crippen LogP contribution in [0.4, 0.5) is 0 Å². The van der Waals surface area contributed by atoms with Gasteiger partial charge in [-0.25, -0.2) is 18.1 Å². The van der Waals surface area contributed by atoms with Crippen molar-refractivity contribution >= 4 is 21.6 Å². The summed E-state index contributed by atoms with van der Waals surface area (Å²) in [7, 11) is -2.01. The van der Waals surface area contributed by atoms with Gasteiger partial charge in [0.25, 0.3) is 10.0 Å². The Morgan fingerprint density at radius 1 is 1.65 bits per heavy atom. The molecule has 0 aliphatic rings. The lowest BCUT2D eigenvalue weighted by Crippen LogP contribution is -2.29. The van der Waals surface area contributed by atoms with Crippen molar-refractivity contribution < 1.29 is 13.5 Å². The zero-order valence-electron chi connectivity index (χ0n) is 9.72. The highest BCUT2D eigenvalue weighted by atomic mass is 35.5. The fraction of sp³-hybridized carbons (Fsp3) is 0.667. The van der Waals surface area contributed by atoms with Crippen LogP contribution in [-0.2, 0) is 17.1 Å². The maximum Gasteiger partial charge on any atom is 0.259 e. The topological polar surface area (TPSA) is 84.2 Å². The summed E-state index contributed by atoms with van der Waals surface area (Å²) in [5.41, 5.74) is 0. The third-order valence-electron chi connectivity index (χ3n) is 2.32. The van der Waals surface area contributed by atoms with Crippen molar-refractivity contribution in [1.82, 2.24) is 14.3 Å². The van der Waals surface area contributed by atoms with Gasteiger partial charge in [-0.15, -0.1) is 0 Å². The largest absolute Gasteiger partial charge is 0.396 e. The molecule has 2 N–H and O–H groups in total. The first kappa shape index (κ1) is 14.4. The molecule has 0 saturated heterocycles. The molecule has 0 saturated carbocycles. The molecule has 0 radical (unpaired) electrons. The lowest BCUT2D eigenvalue weighted by atomic mass is 10.1. The summed E-state index contributed by atoms with van der Waals surface area (Å²) in [5.74, 6) is 0.0639. The molecule has 1 rings (SSSR count). The van der Waals surface area contributed by atoms with E-state index < -0.39 is 10.0 Å². The van der Waals surface area contributed by atoms with Crippen LogP contribution in [0.3, 0.4) is 0 Å². The number of halogens is 1. The molecule has 1 unspecified atom stereocenters. The smallest absolute Gasteiger partial charge is 0.259 e. The Morgan fingerprint density at radius 2 is 2.29 bits per heavy atom. The van der Waals surface area contributed by atoms with Crippen molar-refractivity contribution in [3.8, 4) is 0 Å². The minimum absolute atomic E-state index is 0.0400. The second-order valence-electron chi connectivity index (χ2n) is 3.93. The highest BCUT2D eigenvalue weighted by molar-refractivity contribution is 7.89. The number of aryl methyl sites for hydroxylation is 1. The number of aliphatic hydroxyl groups excluding tert-OH is 1. The Balaban J connectivity index is 2.69. The first-order chi connectivity index (χ1) is 7.86. The van der Waals surface area contributed by atoms with E-state index in [-0.39, 0.29) is 29.4 Å². The van der Waals surface area contributed by atoms with Gasteiger partial charge in [-0.3, -0.25) is 0 Å². The Morgan fingerprint density at radius 3 is 2.76 bits per heavy atom. The molecular formula is C9H16ClN3O3S. The molecule has 0 fully saturated rings. The number of rotatable bonds is 6. The van der Waals surface area contributed by atoms with E-state index in [1.54, 1.807) is 7.05 Å². The molecule has 0 aliphatic carbocycles. The first-order valence-electron chi connectivity index (χ1n) is 5.16. The van der Waals surface area contributed by atoms with E-state index in [0.29, 0.717) is 6.42 Å². The monoisotopic (exact) mass is 281 g/mol. The second kappa shape index (κ2) is 5.81. The van der Waals surface area contributed by atoms with Crippen molar-refractivity contribution in [2.75, 3.05) is 13.2 Å². The third-order valence-corrected chi connectivity index (χ3v) is 3.96. The number of imidazole rings is 1. The molecule has 1 aromatic heterocycles. The Hall–Kier alpha value is -0.630. The van der Waals surface area contributed by atoms with Gasteiger partial charge in [-0.05, 0) is 23.9 Å². The van der Waals surface area contributed by atoms with E-state index in [9.17, 15) is 8.42 Å². The van der Waals surface area contributed by atoms with Crippen molar-refractivity contribution in [2.24, 2.45) is 13.0 Å². The highest BCUT2D eigenvalue weighted by Gasteiger charge is 2.19. The molecule has 0 aliphatic heterocycles. The molecule has 6 nitrogen and oxygen atoms in total. The van der Waals surface area contributed by atoms with Gasteiger partial charge in [0.15, 0.2) is 5.03 Å². The zero-order chi connectivity index (χ0) is 13.1. The number of hydrogen-bond donors (Lipinski definition) is 2. The second-order valence-corrected chi connectivity index (χ2v) is 5.98. The molecule has 1 atom stereocenters. The summed E-state index contributed by atoms with van der Waals surface area (Å²) in [5, 5.41) is 8.74. The average Bonchev–Trinajstić information content (AvgIpc) is 2.58. The normalized spacial score (nSPS) is 13.9. The molecular weight excluding hydrogens is 266 g/mol. The van der Waals surface area contributed by atoms with Gasteiger partial charge < -0.3 is 9.67 Å². The molecule has 1 heterocycles. The van der Waals surface area contributed by atoms with Gasteiger partial charge in [0.05, 0.1) is 0 Å². The van der Waals surface area contributed by atoms with Crippen LogP contribution < -0.4 is 4.72 Å². The zero-order valence-corrected chi connectivity index (χ0v) is 11.3. The van der Waals surface area contributed by atoms with Crippen molar-refractivity contribution in [3.05, 3.63) is 11.5 Å². The van der Waals surface area contributed by atoms with Crippen LogP contribution in [0.25, 0.3) is 0 Å². The lowest BCUT2D eigenvalue weighted by Gasteiger charge is -2.10. The summed E-state index contributed by atoms with van der Waals surface area (Å²) < 4.78 is 27.4. The molecule has 0 aromatic carbocycles. The van der Waals surface area contributed by atoms with Gasteiger partial charge in [0.1, 0.15) is 0 Å². The molecule has 0 amide bonds. The highest BCUT2D eigenvalue weighted by Crippen LogP contribution is 2.12. The van der Waals surface area contributed by atoms with E-state index in [1.165, 1.54) is 10.8 Å². The summed E-state index contributed by atoms with van der Waals surface area (Å²) in [6, 6.07) is 0. The van der Waals surface area contributed by atoms with Crippen molar-refractivity contribution in [2.45, 2.75) is 18.4 Å². The van der Waals surface area contributed by atoms with Crippen LogP contribution in [0, 0.1) is 5.92 Å². The molecule has 98 valence electrons. The van der Waals surface area contributed by atoms with Crippen molar-refractivity contribution in [1.29, 1.82) is 0 Å². The standard InChI is InChI=1S/C9H16ClN3O3S/c1-7(3-4-14)5-11-17(15,16)8-6-13(2)9(10)12-8/h6-7,11,14H,3-5H2,1-2H3. The van der Waals surface area contributed by atoms with Gasteiger partial charge >= 0.3 is 0 Å². The number of nitrogens with one attached hydrogen (secondary N) is 1. The Kier molecular flexibility index (Phi) is 4.93. The summed E-state index contributed by atoms with van der Waals surface area (Å²) in [6.07, 6.45) is 1.90. The molecule has 1 aromatic rings. The molecule has 17 heavy (non-hydrogen) atoms. The molecule has 0 spiro atoms. The minimum Gasteiger partial charge on any atom is -0.396 e. The number of nitrogens with zero attached hydrogens (tertiary/aromatic N) is 2. The van der Waals surface area contributed by atoms with Gasteiger partial charge in [0.2, 0.25) is 5.28 Å². The Bertz CT molecular complexity index is 452. The maximum absolute atomic E-state index is 11.8. The molecule has 0 bridgehead atoms. The summed E-state index contributed by atoms with van der Waals surface area (Å²) in [4.78, 5) is 3.73. The fourth-order valence-electron chi connectivity index (χ4n) is 1.20. The Labute approximate surface area is 106 Å². The van der Waals surface area contributed by atoms with Gasteiger partial charge in [-0.2, -0.15) is 0 Å². The van der Waals surface area contributed by atoms with Gasteiger partial charge in [0, 0.05) is 26.4 Å². The lowest BCUT2D eigenvalue weighted by molar-refractivity contribution is 0.263. The maximum atomic E-state index is 11.8. The molecule has 8 heteroatoms. The predicted molar refractivity (Wildman–Crippen MR) is 64.3 cm³/mol. The van der Waals surface area contributed by atoms with Crippen molar-refractivity contribution in [3.63, 3.8) is 0 Å². The quantitative estimate of drug-likeness (QED) is 0.789. The third kappa shape index (κ3) is 3.95. The van der Waals surface area contributed by atoms with Crippen LogP contribution in [-0.4, -0.2) is 36.2 Å². The number of aromatic nitrogens is 2. The number of hydrogen-bond acceptors (Lipinski definition) is 4. The number of aliphatic hydroxyl groups is 1. The van der Waals surface area contributed by atoms with E-state index in [2.05, 4.69) is 9.71 Å². The van der Waals surface area contributed by atoms with E-state index in [0.717, 1.165) is 0 Å². The summed E-state index contributed by atoms with van der Waals surface area (Å²) >= 11 is 5.67. The summed E-state index contributed by atoms with van der Waals surface area (Å²) in [6.45, 7) is 2.15. The SMILES string of the molecule is CC(CCO)CNS(=O)(=O)c1cn(C)c(Cl)n1. The first-order valence-corrected chi connectivity index (χ1v) is 7.02. The van der Waals surface area contributed by atoms with Crippen LogP contribution in [0.5, 0.6) is 0 Å². The van der Waals surface area contributed by atoms with E-state index in [1.807, 2.05) is 6.92 Å². The van der Waals surface area contributed by atoms with E-state index >= 15 is 0 Å². The van der Waals surface area contributed by atoms with Crippen LogP contribution in [0.1, 0.15) is 13.3 Å². The fourth-order valence-corrected chi connectivity index (χ4v) is 2.54. The van der Waals surface area contributed by atoms with Crippen LogP contribution >= 0.6 is 11.6 Å².